The summed E-state index contributed by atoms with van der Waals surface area (Å²) >= 11 is 0. The zero-order chi connectivity index (χ0) is 12.8. The van der Waals surface area contributed by atoms with Gasteiger partial charge in [0.05, 0.1) is 18.0 Å². The predicted molar refractivity (Wildman–Crippen MR) is 70.4 cm³/mol. The molecule has 0 aliphatic carbocycles. The van der Waals surface area contributed by atoms with Crippen molar-refractivity contribution in [2.75, 3.05) is 13.1 Å². The van der Waals surface area contributed by atoms with Gasteiger partial charge in [-0.2, -0.15) is 0 Å². The molecule has 0 radical (unpaired) electrons. The lowest BCUT2D eigenvalue weighted by Gasteiger charge is -2.00. The Kier molecular flexibility index (Phi) is 4.59. The molecule has 0 unspecified atom stereocenters. The summed E-state index contributed by atoms with van der Waals surface area (Å²) in [7, 11) is 0. The fraction of sp³-hybridized carbons (Fsp3) is 0.500. The van der Waals surface area contributed by atoms with Crippen molar-refractivity contribution in [2.24, 2.45) is 0 Å². The highest BCUT2D eigenvalue weighted by Crippen LogP contribution is 2.25. The minimum atomic E-state index is 0.790. The van der Waals surface area contributed by atoms with E-state index in [2.05, 4.69) is 17.2 Å². The van der Waals surface area contributed by atoms with E-state index in [1.54, 1.807) is 12.5 Å². The maximum absolute atomic E-state index is 5.72. The predicted octanol–water partition coefficient (Wildman–Crippen LogP) is 3.18. The van der Waals surface area contributed by atoms with Crippen LogP contribution in [0, 0.1) is 6.92 Å². The van der Waals surface area contributed by atoms with Crippen LogP contribution in [0.3, 0.4) is 0 Å². The first kappa shape index (κ1) is 12.9. The van der Waals surface area contributed by atoms with E-state index in [0.717, 1.165) is 48.9 Å². The summed E-state index contributed by atoms with van der Waals surface area (Å²) < 4.78 is 11.0. The number of hydrogen-bond acceptors (Lipinski definition) is 4. The maximum atomic E-state index is 5.72. The standard InChI is InChI=1S/C14H20N2O2/c1-3-7-15-8-4-5-14-16-10-13(18-14)12-6-9-17-11(12)2/h6,9-10,15H,3-5,7-8H2,1-2H3. The zero-order valence-electron chi connectivity index (χ0n) is 11.0. The molecule has 1 N–H and O–H groups in total. The maximum Gasteiger partial charge on any atom is 0.194 e. The first-order chi connectivity index (χ1) is 8.81. The number of rotatable bonds is 7. The van der Waals surface area contributed by atoms with Crippen LogP contribution in [0.4, 0.5) is 0 Å². The highest BCUT2D eigenvalue weighted by Gasteiger charge is 2.10. The molecule has 0 spiro atoms. The smallest absolute Gasteiger partial charge is 0.194 e. The van der Waals surface area contributed by atoms with Crippen molar-refractivity contribution in [1.82, 2.24) is 10.3 Å². The Balaban J connectivity index is 1.85. The second-order valence-corrected chi connectivity index (χ2v) is 4.36. The second-order valence-electron chi connectivity index (χ2n) is 4.36. The third-order valence-electron chi connectivity index (χ3n) is 2.85. The van der Waals surface area contributed by atoms with Crippen LogP contribution in [0.5, 0.6) is 0 Å². The largest absolute Gasteiger partial charge is 0.469 e. The fourth-order valence-corrected chi connectivity index (χ4v) is 1.86. The van der Waals surface area contributed by atoms with Gasteiger partial charge in [-0.1, -0.05) is 6.92 Å². The molecule has 2 aromatic rings. The Morgan fingerprint density at radius 2 is 2.22 bits per heavy atom. The number of aryl methyl sites for hydroxylation is 2. The van der Waals surface area contributed by atoms with Gasteiger partial charge in [-0.3, -0.25) is 0 Å². The van der Waals surface area contributed by atoms with Crippen molar-refractivity contribution in [3.63, 3.8) is 0 Å². The molecule has 0 amide bonds. The van der Waals surface area contributed by atoms with Crippen molar-refractivity contribution >= 4 is 0 Å². The van der Waals surface area contributed by atoms with Crippen LogP contribution in [0.25, 0.3) is 11.3 Å². The number of oxazole rings is 1. The molecular weight excluding hydrogens is 228 g/mol. The van der Waals surface area contributed by atoms with E-state index < -0.39 is 0 Å². The molecule has 0 aliphatic heterocycles. The van der Waals surface area contributed by atoms with Crippen molar-refractivity contribution in [3.8, 4) is 11.3 Å². The van der Waals surface area contributed by atoms with Gasteiger partial charge in [-0.15, -0.1) is 0 Å². The van der Waals surface area contributed by atoms with Crippen molar-refractivity contribution < 1.29 is 8.83 Å². The highest BCUT2D eigenvalue weighted by molar-refractivity contribution is 5.58. The summed E-state index contributed by atoms with van der Waals surface area (Å²) in [6.07, 6.45) is 6.52. The summed E-state index contributed by atoms with van der Waals surface area (Å²) in [4.78, 5) is 4.29. The number of nitrogens with zero attached hydrogens (tertiary/aromatic N) is 1. The minimum Gasteiger partial charge on any atom is -0.469 e. The fourth-order valence-electron chi connectivity index (χ4n) is 1.86. The normalized spacial score (nSPS) is 11.0. The van der Waals surface area contributed by atoms with Gasteiger partial charge < -0.3 is 14.2 Å². The van der Waals surface area contributed by atoms with Crippen LogP contribution in [0.15, 0.2) is 27.4 Å². The van der Waals surface area contributed by atoms with Gasteiger partial charge in [0.1, 0.15) is 5.76 Å². The molecule has 98 valence electrons. The molecular formula is C14H20N2O2. The van der Waals surface area contributed by atoms with Crippen molar-refractivity contribution in [3.05, 3.63) is 30.2 Å². The molecule has 0 aliphatic rings. The van der Waals surface area contributed by atoms with Crippen LogP contribution in [-0.4, -0.2) is 18.1 Å². The molecule has 0 aromatic carbocycles. The van der Waals surface area contributed by atoms with Gasteiger partial charge in [-0.25, -0.2) is 4.98 Å². The highest BCUT2D eigenvalue weighted by atomic mass is 16.4. The Labute approximate surface area is 107 Å². The van der Waals surface area contributed by atoms with E-state index in [0.29, 0.717) is 0 Å². The average molecular weight is 248 g/mol. The first-order valence-corrected chi connectivity index (χ1v) is 6.51. The minimum absolute atomic E-state index is 0.790. The molecule has 2 aromatic heterocycles. The molecule has 2 rings (SSSR count). The Hall–Kier alpha value is -1.55. The van der Waals surface area contributed by atoms with Crippen LogP contribution >= 0.6 is 0 Å². The van der Waals surface area contributed by atoms with E-state index in [1.807, 2.05) is 13.0 Å². The van der Waals surface area contributed by atoms with Crippen LogP contribution in [0.2, 0.25) is 0 Å². The molecule has 4 heteroatoms. The number of hydrogen-bond donors (Lipinski definition) is 1. The third-order valence-corrected chi connectivity index (χ3v) is 2.85. The molecule has 18 heavy (non-hydrogen) atoms. The number of aromatic nitrogens is 1. The molecule has 0 saturated carbocycles. The molecule has 0 saturated heterocycles. The van der Waals surface area contributed by atoms with Gasteiger partial charge in [0.25, 0.3) is 0 Å². The van der Waals surface area contributed by atoms with Crippen LogP contribution in [-0.2, 0) is 6.42 Å². The zero-order valence-corrected chi connectivity index (χ0v) is 11.0. The average Bonchev–Trinajstić information content (AvgIpc) is 2.97. The van der Waals surface area contributed by atoms with Crippen LogP contribution in [0.1, 0.15) is 31.4 Å². The Bertz CT molecular complexity index is 474. The molecule has 0 atom stereocenters. The summed E-state index contributed by atoms with van der Waals surface area (Å²) in [5.41, 5.74) is 0.984. The van der Waals surface area contributed by atoms with Gasteiger partial charge in [0.2, 0.25) is 0 Å². The molecule has 4 nitrogen and oxygen atoms in total. The quantitative estimate of drug-likeness (QED) is 0.765. The lowest BCUT2D eigenvalue weighted by Crippen LogP contribution is -2.16. The van der Waals surface area contributed by atoms with Crippen LogP contribution < -0.4 is 5.32 Å². The number of furan rings is 1. The van der Waals surface area contributed by atoms with Gasteiger partial charge >= 0.3 is 0 Å². The lowest BCUT2D eigenvalue weighted by atomic mass is 10.2. The van der Waals surface area contributed by atoms with Gasteiger partial charge in [0.15, 0.2) is 11.7 Å². The van der Waals surface area contributed by atoms with Crippen molar-refractivity contribution in [1.29, 1.82) is 0 Å². The summed E-state index contributed by atoms with van der Waals surface area (Å²) in [5, 5.41) is 3.36. The second kappa shape index (κ2) is 6.40. The SMILES string of the molecule is CCCNCCCc1ncc(-c2ccoc2C)o1. The van der Waals surface area contributed by atoms with E-state index in [1.165, 1.54) is 6.42 Å². The first-order valence-electron chi connectivity index (χ1n) is 6.51. The van der Waals surface area contributed by atoms with E-state index >= 15 is 0 Å². The van der Waals surface area contributed by atoms with E-state index in [9.17, 15) is 0 Å². The summed E-state index contributed by atoms with van der Waals surface area (Å²) in [6, 6.07) is 1.91. The number of nitrogens with one attached hydrogen (secondary N) is 1. The Morgan fingerprint density at radius 3 is 2.94 bits per heavy atom. The van der Waals surface area contributed by atoms with Gasteiger partial charge in [0, 0.05) is 6.42 Å². The lowest BCUT2D eigenvalue weighted by molar-refractivity contribution is 0.488. The third kappa shape index (κ3) is 3.23. The van der Waals surface area contributed by atoms with Gasteiger partial charge in [-0.05, 0) is 38.9 Å². The molecule has 2 heterocycles. The van der Waals surface area contributed by atoms with Crippen molar-refractivity contribution in [2.45, 2.75) is 33.1 Å². The Morgan fingerprint density at radius 1 is 1.33 bits per heavy atom. The van der Waals surface area contributed by atoms with E-state index in [-0.39, 0.29) is 0 Å². The van der Waals surface area contributed by atoms with E-state index in [4.69, 9.17) is 8.83 Å². The topological polar surface area (TPSA) is 51.2 Å². The summed E-state index contributed by atoms with van der Waals surface area (Å²) in [6.45, 7) is 6.17. The molecule has 0 bridgehead atoms. The summed E-state index contributed by atoms with van der Waals surface area (Å²) in [5.74, 6) is 2.45. The monoisotopic (exact) mass is 248 g/mol. The molecule has 0 fully saturated rings.